The minimum atomic E-state index is -2.19. The van der Waals surface area contributed by atoms with Gasteiger partial charge in [0.1, 0.15) is 6.10 Å². The molecule has 10 heteroatoms. The fourth-order valence-corrected chi connectivity index (χ4v) is 9.03. The monoisotopic (exact) mass is 760 g/mol. The van der Waals surface area contributed by atoms with Crippen molar-refractivity contribution < 1.29 is 38.1 Å². The van der Waals surface area contributed by atoms with Gasteiger partial charge in [-0.25, -0.2) is 4.79 Å². The second-order valence-corrected chi connectivity index (χ2v) is 28.2. The highest BCUT2D eigenvalue weighted by atomic mass is 28.4. The molecule has 0 radical (unpaired) electrons. The number of carboxylic acids is 1. The van der Waals surface area contributed by atoms with Gasteiger partial charge in [0.15, 0.2) is 16.6 Å². The summed E-state index contributed by atoms with van der Waals surface area (Å²) in [6, 6.07) is 0. The lowest BCUT2D eigenvalue weighted by atomic mass is 9.91. The molecule has 3 heterocycles. The first-order valence-corrected chi connectivity index (χ1v) is 25.3. The Hall–Kier alpha value is -1.64. The topological polar surface area (TPSA) is 107 Å². The summed E-state index contributed by atoms with van der Waals surface area (Å²) in [7, 11) is -4.34. The molecule has 0 unspecified atom stereocenters. The molecule has 0 aromatic carbocycles. The zero-order valence-corrected chi connectivity index (χ0v) is 36.4. The van der Waals surface area contributed by atoms with Crippen LogP contribution in [-0.2, 0) is 27.9 Å². The molecular weight excluding hydrogens is 689 g/mol. The summed E-state index contributed by atoms with van der Waals surface area (Å²) >= 11 is 0. The number of carbonyl (C=O) groups is 1. The summed E-state index contributed by atoms with van der Waals surface area (Å²) in [4.78, 5) is 10.9. The average Bonchev–Trinajstić information content (AvgIpc) is 3.76. The second kappa shape index (κ2) is 18.8. The molecule has 3 rings (SSSR count). The van der Waals surface area contributed by atoms with Crippen LogP contribution in [0, 0.1) is 5.92 Å². The van der Waals surface area contributed by atoms with E-state index in [1.165, 1.54) is 11.6 Å². The predicted octanol–water partition coefficient (Wildman–Crippen LogP) is 9.68. The Balaban J connectivity index is 1.67. The van der Waals surface area contributed by atoms with Gasteiger partial charge in [-0.15, -0.1) is 0 Å². The summed E-state index contributed by atoms with van der Waals surface area (Å²) in [5.41, 5.74) is 2.45. The number of hydrogen-bond acceptors (Lipinski definition) is 7. The van der Waals surface area contributed by atoms with E-state index in [0.29, 0.717) is 31.8 Å². The first-order chi connectivity index (χ1) is 24.0. The van der Waals surface area contributed by atoms with Crippen molar-refractivity contribution >= 4 is 22.6 Å². The number of rotatable bonds is 19. The van der Waals surface area contributed by atoms with Gasteiger partial charge in [0, 0.05) is 12.5 Å². The molecule has 0 saturated carbocycles. The molecule has 0 aromatic heterocycles. The van der Waals surface area contributed by atoms with E-state index in [-0.39, 0.29) is 46.7 Å². The van der Waals surface area contributed by atoms with Crippen LogP contribution in [0.4, 0.5) is 0 Å². The maximum Gasteiger partial charge on any atom is 0.327 e. The highest BCUT2D eigenvalue weighted by molar-refractivity contribution is 6.74. The van der Waals surface area contributed by atoms with Gasteiger partial charge in [-0.2, -0.15) is 0 Å². The van der Waals surface area contributed by atoms with Crippen molar-refractivity contribution in [2.45, 2.75) is 185 Å². The van der Waals surface area contributed by atoms with E-state index in [9.17, 15) is 9.90 Å². The summed E-state index contributed by atoms with van der Waals surface area (Å²) < 4.78 is 32.5. The van der Waals surface area contributed by atoms with E-state index in [0.717, 1.165) is 31.3 Å². The minimum absolute atomic E-state index is 0.00149. The van der Waals surface area contributed by atoms with Crippen LogP contribution in [0.3, 0.4) is 0 Å². The van der Waals surface area contributed by atoms with Gasteiger partial charge in [0.05, 0.1) is 49.3 Å². The first kappa shape index (κ1) is 44.8. The molecule has 2 N–H and O–H groups in total. The molecule has 0 spiro atoms. The molecule has 52 heavy (non-hydrogen) atoms. The lowest BCUT2D eigenvalue weighted by molar-refractivity contribution is -0.131. The van der Waals surface area contributed by atoms with Crippen molar-refractivity contribution in [1.29, 1.82) is 0 Å². The van der Waals surface area contributed by atoms with Crippen LogP contribution in [0.25, 0.3) is 0 Å². The summed E-state index contributed by atoms with van der Waals surface area (Å²) in [5, 5.41) is 20.7. The van der Waals surface area contributed by atoms with Crippen LogP contribution in [0.1, 0.15) is 100 Å². The molecule has 0 aliphatic carbocycles. The number of epoxide rings is 1. The van der Waals surface area contributed by atoms with Crippen molar-refractivity contribution in [2.75, 3.05) is 6.61 Å². The lowest BCUT2D eigenvalue weighted by Crippen LogP contribution is -2.47. The van der Waals surface area contributed by atoms with Crippen LogP contribution in [-0.4, -0.2) is 88.3 Å². The molecule has 9 atom stereocenters. The van der Waals surface area contributed by atoms with Crippen LogP contribution in [0.15, 0.2) is 60.3 Å². The molecule has 3 aliphatic rings. The maximum absolute atomic E-state index is 11.8. The largest absolute Gasteiger partial charge is 0.478 e. The zero-order chi connectivity index (χ0) is 39.1. The van der Waals surface area contributed by atoms with Gasteiger partial charge in [0.25, 0.3) is 0 Å². The third-order valence-corrected chi connectivity index (χ3v) is 20.6. The minimum Gasteiger partial charge on any atom is -0.478 e. The Morgan fingerprint density at radius 3 is 2.31 bits per heavy atom. The van der Waals surface area contributed by atoms with Crippen molar-refractivity contribution in [2.24, 2.45) is 5.92 Å². The molecule has 296 valence electrons. The number of aliphatic hydroxyl groups excluding tert-OH is 1. The van der Waals surface area contributed by atoms with E-state index >= 15 is 0 Å². The van der Waals surface area contributed by atoms with Gasteiger partial charge in [-0.1, -0.05) is 103 Å². The average molecular weight is 761 g/mol. The quantitative estimate of drug-likeness (QED) is 0.0581. The van der Waals surface area contributed by atoms with Crippen LogP contribution < -0.4 is 0 Å². The SMILES string of the molecule is C=C(C[C@H](C)C[C@@H]1CC=C[C@@H](C/C=C\C(=O)O)O1)C[C@H](O[Si](C)(C)C(C)(C)C)[C@@H]1O[C@H]1C[C@@H](O)[C@H](/C=C/[C@@H]1CC(C)=CCO1)O[Si](C)(C)C(C)(C)C. The Morgan fingerprint density at radius 2 is 1.69 bits per heavy atom. The maximum atomic E-state index is 11.8. The smallest absolute Gasteiger partial charge is 0.327 e. The van der Waals surface area contributed by atoms with E-state index in [1.807, 2.05) is 12.2 Å². The number of hydrogen-bond donors (Lipinski definition) is 2. The fraction of sp³-hybridized carbons (Fsp3) is 0.738. The Kier molecular flexibility index (Phi) is 16.2. The summed E-state index contributed by atoms with van der Waals surface area (Å²) in [6.45, 7) is 32.0. The number of carboxylic acid groups (broad SMARTS) is 1. The highest BCUT2D eigenvalue weighted by Crippen LogP contribution is 2.43. The van der Waals surface area contributed by atoms with Crippen LogP contribution in [0.5, 0.6) is 0 Å². The van der Waals surface area contributed by atoms with E-state index in [2.05, 4.69) is 106 Å². The first-order valence-electron chi connectivity index (χ1n) is 19.5. The van der Waals surface area contributed by atoms with E-state index < -0.39 is 34.8 Å². The van der Waals surface area contributed by atoms with Gasteiger partial charge >= 0.3 is 5.97 Å². The number of aliphatic hydroxyl groups is 1. The predicted molar refractivity (Wildman–Crippen MR) is 217 cm³/mol. The Labute approximate surface area is 318 Å². The van der Waals surface area contributed by atoms with Crippen molar-refractivity contribution in [3.05, 3.63) is 60.3 Å². The highest BCUT2D eigenvalue weighted by Gasteiger charge is 2.51. The zero-order valence-electron chi connectivity index (χ0n) is 34.4. The summed E-state index contributed by atoms with van der Waals surface area (Å²) in [5.74, 6) is -0.582. The molecule has 0 bridgehead atoms. The standard InChI is InChI=1S/C42H72O8Si2/c1-29-22-23-46-33(25-29)20-21-36(49-51(10,11)41(4,5)6)35(43)28-37-40(48-37)38(50-52(12,13)42(7,8)9)27-31(3)24-30(2)26-34-18-14-16-32(47-34)17-15-19-39(44)45/h14-16,19-22,30,32-38,40,43H,3,17-18,23-28H2,1-2,4-13H3,(H,44,45)/b19-15-,21-20+/t30-,32-,33+,34-,35+,36-,37-,38-,40+/m0/s1. The molecule has 3 aliphatic heterocycles. The van der Waals surface area contributed by atoms with Gasteiger partial charge in [0.2, 0.25) is 0 Å². The molecular formula is C42H72O8Si2. The van der Waals surface area contributed by atoms with Gasteiger partial charge in [-0.3, -0.25) is 0 Å². The third-order valence-electron chi connectivity index (χ3n) is 11.6. The van der Waals surface area contributed by atoms with E-state index in [1.54, 1.807) is 6.08 Å². The normalized spacial score (nSPS) is 27.0. The molecule has 0 amide bonds. The van der Waals surface area contributed by atoms with E-state index in [4.69, 9.17) is 28.2 Å². The Bertz CT molecular complexity index is 1300. The summed E-state index contributed by atoms with van der Waals surface area (Å²) in [6.07, 6.45) is 16.8. The van der Waals surface area contributed by atoms with Crippen LogP contribution in [0.2, 0.25) is 36.3 Å². The van der Waals surface area contributed by atoms with Crippen LogP contribution >= 0.6 is 0 Å². The number of aliphatic carboxylic acids is 1. The molecule has 0 aromatic rings. The second-order valence-electron chi connectivity index (χ2n) is 18.6. The molecule has 1 saturated heterocycles. The van der Waals surface area contributed by atoms with Crippen molar-refractivity contribution in [3.63, 3.8) is 0 Å². The lowest BCUT2D eigenvalue weighted by Gasteiger charge is -2.40. The fourth-order valence-electron chi connectivity index (χ4n) is 6.43. The van der Waals surface area contributed by atoms with Gasteiger partial charge < -0.3 is 33.3 Å². The van der Waals surface area contributed by atoms with Crippen molar-refractivity contribution in [1.82, 2.24) is 0 Å². The number of ether oxygens (including phenoxy) is 3. The molecule has 8 nitrogen and oxygen atoms in total. The molecule has 1 fully saturated rings. The Morgan fingerprint density at radius 1 is 1.04 bits per heavy atom. The van der Waals surface area contributed by atoms with Crippen molar-refractivity contribution in [3.8, 4) is 0 Å². The van der Waals surface area contributed by atoms with Gasteiger partial charge in [-0.05, 0) is 87.6 Å². The third kappa shape index (κ3) is 14.2.